The van der Waals surface area contributed by atoms with E-state index in [0.29, 0.717) is 11.1 Å². The zero-order valence-corrected chi connectivity index (χ0v) is 14.2. The SMILES string of the molecule is C=CC(=O)OC(C)C(OC(=O)C=C)(OC(=O)C=C)c1ccccc1C. The molecule has 1 unspecified atom stereocenters. The summed E-state index contributed by atoms with van der Waals surface area (Å²) in [6.07, 6.45) is 1.60. The normalized spacial score (nSPS) is 11.6. The quantitative estimate of drug-likeness (QED) is 0.410. The number of benzene rings is 1. The number of rotatable bonds is 8. The van der Waals surface area contributed by atoms with Gasteiger partial charge in [-0.05, 0) is 19.4 Å². The van der Waals surface area contributed by atoms with Crippen molar-refractivity contribution >= 4 is 17.9 Å². The molecule has 1 aromatic carbocycles. The smallest absolute Gasteiger partial charge is 0.333 e. The number of carbonyl (C=O) groups excluding carboxylic acids is 3. The predicted octanol–water partition coefficient (Wildman–Crippen LogP) is 2.72. The third kappa shape index (κ3) is 4.67. The third-order valence-electron chi connectivity index (χ3n) is 3.35. The van der Waals surface area contributed by atoms with Crippen LogP contribution in [0.25, 0.3) is 0 Å². The van der Waals surface area contributed by atoms with Crippen molar-refractivity contribution < 1.29 is 28.6 Å². The second-order valence-electron chi connectivity index (χ2n) is 5.02. The van der Waals surface area contributed by atoms with Crippen LogP contribution < -0.4 is 0 Å². The molecule has 6 heteroatoms. The molecule has 0 fully saturated rings. The number of carbonyl (C=O) groups is 3. The van der Waals surface area contributed by atoms with Gasteiger partial charge in [-0.1, -0.05) is 44.0 Å². The molecule has 0 saturated heterocycles. The molecule has 1 atom stereocenters. The molecule has 0 aliphatic heterocycles. The van der Waals surface area contributed by atoms with Crippen molar-refractivity contribution in [2.24, 2.45) is 0 Å². The van der Waals surface area contributed by atoms with Crippen LogP contribution in [0.15, 0.2) is 62.2 Å². The Morgan fingerprint density at radius 3 is 1.88 bits per heavy atom. The van der Waals surface area contributed by atoms with Crippen LogP contribution in [-0.4, -0.2) is 24.0 Å². The molecular formula is C19H20O6. The molecule has 0 saturated carbocycles. The number of hydrogen-bond donors (Lipinski definition) is 0. The second-order valence-corrected chi connectivity index (χ2v) is 5.02. The fourth-order valence-electron chi connectivity index (χ4n) is 2.16. The number of aryl methyl sites for hydroxylation is 1. The molecule has 25 heavy (non-hydrogen) atoms. The van der Waals surface area contributed by atoms with E-state index < -0.39 is 29.8 Å². The maximum absolute atomic E-state index is 11.9. The topological polar surface area (TPSA) is 78.9 Å². The largest absolute Gasteiger partial charge is 0.451 e. The molecule has 1 aromatic rings. The van der Waals surface area contributed by atoms with E-state index >= 15 is 0 Å². The Bertz CT molecular complexity index is 682. The molecule has 0 aliphatic rings. The zero-order chi connectivity index (χ0) is 19.0. The van der Waals surface area contributed by atoms with Gasteiger partial charge in [0.2, 0.25) is 0 Å². The first-order valence-electron chi connectivity index (χ1n) is 7.40. The molecule has 132 valence electrons. The summed E-state index contributed by atoms with van der Waals surface area (Å²) in [4.78, 5) is 35.5. The third-order valence-corrected chi connectivity index (χ3v) is 3.35. The van der Waals surface area contributed by atoms with Crippen LogP contribution in [0.3, 0.4) is 0 Å². The molecule has 0 bridgehead atoms. The molecule has 1 rings (SSSR count). The molecule has 0 aromatic heterocycles. The van der Waals surface area contributed by atoms with Gasteiger partial charge in [0, 0.05) is 23.8 Å². The van der Waals surface area contributed by atoms with Gasteiger partial charge < -0.3 is 14.2 Å². The van der Waals surface area contributed by atoms with Gasteiger partial charge in [0.15, 0.2) is 6.10 Å². The predicted molar refractivity (Wildman–Crippen MR) is 91.2 cm³/mol. The lowest BCUT2D eigenvalue weighted by atomic mass is 9.95. The van der Waals surface area contributed by atoms with Gasteiger partial charge >= 0.3 is 23.7 Å². The summed E-state index contributed by atoms with van der Waals surface area (Å²) >= 11 is 0. The fraction of sp³-hybridized carbons (Fsp3) is 0.211. The summed E-state index contributed by atoms with van der Waals surface area (Å²) in [6, 6.07) is 6.76. The summed E-state index contributed by atoms with van der Waals surface area (Å²) in [5, 5.41) is 0. The summed E-state index contributed by atoms with van der Waals surface area (Å²) in [5.74, 6) is -4.50. The van der Waals surface area contributed by atoms with Crippen LogP contribution in [0, 0.1) is 6.92 Å². The summed E-state index contributed by atoms with van der Waals surface area (Å²) in [5.41, 5.74) is 0.988. The molecular weight excluding hydrogens is 324 g/mol. The first-order valence-corrected chi connectivity index (χ1v) is 7.40. The standard InChI is InChI=1S/C19H20O6/c1-6-16(20)23-14(5)19(24-17(21)7-2,25-18(22)8-3)15-12-10-9-11-13(15)4/h6-12,14H,1-3H2,4-5H3. The first kappa shape index (κ1) is 19.9. The summed E-state index contributed by atoms with van der Waals surface area (Å²) in [6.45, 7) is 13.2. The Hall–Kier alpha value is -3.15. The minimum absolute atomic E-state index is 0.338. The van der Waals surface area contributed by atoms with E-state index in [4.69, 9.17) is 14.2 Å². The van der Waals surface area contributed by atoms with Gasteiger partial charge in [-0.2, -0.15) is 0 Å². The monoisotopic (exact) mass is 344 g/mol. The number of esters is 3. The van der Waals surface area contributed by atoms with Crippen molar-refractivity contribution in [3.63, 3.8) is 0 Å². The lowest BCUT2D eigenvalue weighted by molar-refractivity contribution is -0.264. The molecule has 6 nitrogen and oxygen atoms in total. The Labute approximate surface area is 146 Å². The maximum Gasteiger partial charge on any atom is 0.333 e. The number of ether oxygens (including phenoxy) is 3. The van der Waals surface area contributed by atoms with E-state index in [1.54, 1.807) is 31.2 Å². The Morgan fingerprint density at radius 1 is 0.960 bits per heavy atom. The van der Waals surface area contributed by atoms with Crippen LogP contribution in [0.5, 0.6) is 0 Å². The van der Waals surface area contributed by atoms with Gasteiger partial charge in [-0.25, -0.2) is 14.4 Å². The van der Waals surface area contributed by atoms with E-state index in [0.717, 1.165) is 18.2 Å². The van der Waals surface area contributed by atoms with Gasteiger partial charge in [0.05, 0.1) is 0 Å². The Kier molecular flexibility index (Phi) is 6.87. The number of hydrogen-bond acceptors (Lipinski definition) is 6. The fourth-order valence-corrected chi connectivity index (χ4v) is 2.16. The molecule has 0 spiro atoms. The highest BCUT2D eigenvalue weighted by Crippen LogP contribution is 2.36. The van der Waals surface area contributed by atoms with Crippen molar-refractivity contribution in [3.05, 3.63) is 73.4 Å². The first-order chi connectivity index (χ1) is 11.8. The van der Waals surface area contributed by atoms with Crippen molar-refractivity contribution in [2.75, 3.05) is 0 Å². The minimum Gasteiger partial charge on any atom is -0.451 e. The highest BCUT2D eigenvalue weighted by Gasteiger charge is 2.49. The van der Waals surface area contributed by atoms with E-state index in [-0.39, 0.29) is 0 Å². The average Bonchev–Trinajstić information content (AvgIpc) is 2.60. The molecule has 0 heterocycles. The van der Waals surface area contributed by atoms with E-state index in [1.807, 2.05) is 0 Å². The lowest BCUT2D eigenvalue weighted by Gasteiger charge is -2.37. The molecule has 0 amide bonds. The highest BCUT2D eigenvalue weighted by molar-refractivity contribution is 5.84. The van der Waals surface area contributed by atoms with E-state index in [1.165, 1.54) is 6.92 Å². The van der Waals surface area contributed by atoms with Crippen LogP contribution in [0.2, 0.25) is 0 Å². The molecule has 0 N–H and O–H groups in total. The van der Waals surface area contributed by atoms with E-state index in [9.17, 15) is 14.4 Å². The highest BCUT2D eigenvalue weighted by atomic mass is 16.8. The van der Waals surface area contributed by atoms with Gasteiger partial charge in [-0.15, -0.1) is 0 Å². The average molecular weight is 344 g/mol. The van der Waals surface area contributed by atoms with Crippen LogP contribution in [0.1, 0.15) is 18.1 Å². The van der Waals surface area contributed by atoms with Crippen LogP contribution in [0.4, 0.5) is 0 Å². The van der Waals surface area contributed by atoms with Crippen LogP contribution in [-0.2, 0) is 34.4 Å². The van der Waals surface area contributed by atoms with Gasteiger partial charge in [0.1, 0.15) is 0 Å². The Balaban J connectivity index is 3.58. The van der Waals surface area contributed by atoms with Gasteiger partial charge in [0.25, 0.3) is 0 Å². The maximum atomic E-state index is 11.9. The van der Waals surface area contributed by atoms with Crippen molar-refractivity contribution in [1.82, 2.24) is 0 Å². The summed E-state index contributed by atoms with van der Waals surface area (Å²) in [7, 11) is 0. The minimum atomic E-state index is -2.01. The molecule has 0 radical (unpaired) electrons. The van der Waals surface area contributed by atoms with Crippen molar-refractivity contribution in [3.8, 4) is 0 Å². The zero-order valence-electron chi connectivity index (χ0n) is 14.2. The molecule has 0 aliphatic carbocycles. The Morgan fingerprint density at radius 2 is 1.44 bits per heavy atom. The van der Waals surface area contributed by atoms with E-state index in [2.05, 4.69) is 19.7 Å². The second kappa shape index (κ2) is 8.63. The van der Waals surface area contributed by atoms with Gasteiger partial charge in [-0.3, -0.25) is 0 Å². The van der Waals surface area contributed by atoms with Crippen molar-refractivity contribution in [2.45, 2.75) is 25.7 Å². The summed E-state index contributed by atoms with van der Waals surface area (Å²) < 4.78 is 15.9. The van der Waals surface area contributed by atoms with Crippen molar-refractivity contribution in [1.29, 1.82) is 0 Å². The lowest BCUT2D eigenvalue weighted by Crippen LogP contribution is -2.48. The van der Waals surface area contributed by atoms with Crippen LogP contribution >= 0.6 is 0 Å².